The number of aromatic amines is 1. The highest BCUT2D eigenvalue weighted by Crippen LogP contribution is 2.27. The summed E-state index contributed by atoms with van der Waals surface area (Å²) < 4.78 is 1.51. The highest BCUT2D eigenvalue weighted by Gasteiger charge is 2.31. The van der Waals surface area contributed by atoms with Gasteiger partial charge in [0.05, 0.1) is 5.56 Å². The molecule has 9 heteroatoms. The highest BCUT2D eigenvalue weighted by molar-refractivity contribution is 6.06. The molecule has 0 radical (unpaired) electrons. The maximum Gasteiger partial charge on any atom is 0.275 e. The van der Waals surface area contributed by atoms with Crippen molar-refractivity contribution in [2.45, 2.75) is 25.4 Å². The van der Waals surface area contributed by atoms with Crippen molar-refractivity contribution in [2.24, 2.45) is 0 Å². The summed E-state index contributed by atoms with van der Waals surface area (Å²) in [6, 6.07) is 5.75. The Kier molecular flexibility index (Phi) is 6.50. The van der Waals surface area contributed by atoms with Gasteiger partial charge in [-0.15, -0.1) is 6.58 Å². The van der Waals surface area contributed by atoms with Crippen LogP contribution in [0.1, 0.15) is 29.0 Å². The molecule has 3 heterocycles. The second-order valence-electron chi connectivity index (χ2n) is 7.45. The number of pyridine rings is 1. The topological polar surface area (TPSA) is 111 Å². The molecule has 0 saturated heterocycles. The van der Waals surface area contributed by atoms with Gasteiger partial charge in [0.25, 0.3) is 11.5 Å². The largest absolute Gasteiger partial charge is 0.363 e. The molecule has 3 aromatic heterocycles. The number of anilines is 1. The molecule has 0 aliphatic heterocycles. The van der Waals surface area contributed by atoms with Crippen LogP contribution >= 0.6 is 0 Å². The van der Waals surface area contributed by atoms with Crippen LogP contribution in [0.15, 0.2) is 48.2 Å². The van der Waals surface area contributed by atoms with Gasteiger partial charge in [-0.2, -0.15) is 5.26 Å². The van der Waals surface area contributed by atoms with Crippen molar-refractivity contribution in [1.29, 1.82) is 5.26 Å². The van der Waals surface area contributed by atoms with Crippen LogP contribution in [-0.4, -0.2) is 57.5 Å². The van der Waals surface area contributed by atoms with Gasteiger partial charge in [0.15, 0.2) is 0 Å². The molecule has 1 amide bonds. The summed E-state index contributed by atoms with van der Waals surface area (Å²) in [5.74, 6) is 0.919. The van der Waals surface area contributed by atoms with Gasteiger partial charge in [-0.1, -0.05) is 6.08 Å². The number of nitriles is 1. The molecule has 0 bridgehead atoms. The summed E-state index contributed by atoms with van der Waals surface area (Å²) in [6.45, 7) is 4.04. The molecule has 1 aliphatic carbocycles. The molecule has 9 nitrogen and oxygen atoms in total. The summed E-state index contributed by atoms with van der Waals surface area (Å²) in [7, 11) is 5.55. The third-order valence-corrected chi connectivity index (χ3v) is 4.97. The molecule has 1 N–H and O–H groups in total. The summed E-state index contributed by atoms with van der Waals surface area (Å²) in [5, 5.41) is 9.14. The number of carbonyl (C=O) groups is 1. The van der Waals surface area contributed by atoms with Crippen LogP contribution in [0.5, 0.6) is 0 Å². The maximum atomic E-state index is 12.6. The second kappa shape index (κ2) is 9.26. The number of rotatable bonds is 5. The molecular formula is C22H25N7O2. The van der Waals surface area contributed by atoms with Crippen molar-refractivity contribution in [3.05, 3.63) is 65.1 Å². The molecule has 4 rings (SSSR count). The zero-order chi connectivity index (χ0) is 22.5. The van der Waals surface area contributed by atoms with Crippen LogP contribution in [0.4, 0.5) is 5.82 Å². The first kappa shape index (κ1) is 21.8. The SMILES string of the molecule is C=CCn1cc(C(=O)N(C)C2CC2)c2cc[nH]c2c1=O.CN(C)c1ccnc(C#N)n1. The monoisotopic (exact) mass is 419 g/mol. The van der Waals surface area contributed by atoms with Crippen molar-refractivity contribution >= 4 is 22.6 Å². The Morgan fingerprint density at radius 1 is 1.39 bits per heavy atom. The van der Waals surface area contributed by atoms with E-state index in [0.717, 1.165) is 18.7 Å². The maximum absolute atomic E-state index is 12.6. The summed E-state index contributed by atoms with van der Waals surface area (Å²) in [6.07, 6.45) is 8.67. The number of nitrogens with one attached hydrogen (secondary N) is 1. The lowest BCUT2D eigenvalue weighted by atomic mass is 10.1. The Balaban J connectivity index is 0.000000210. The van der Waals surface area contributed by atoms with Gasteiger partial charge in [-0.3, -0.25) is 9.59 Å². The van der Waals surface area contributed by atoms with Crippen molar-refractivity contribution < 1.29 is 4.79 Å². The molecule has 1 fully saturated rings. The second-order valence-corrected chi connectivity index (χ2v) is 7.45. The van der Waals surface area contributed by atoms with Crippen LogP contribution in [0.2, 0.25) is 0 Å². The number of carbonyl (C=O) groups excluding carboxylic acids is 1. The van der Waals surface area contributed by atoms with E-state index >= 15 is 0 Å². The first-order valence-electron chi connectivity index (χ1n) is 9.86. The third kappa shape index (κ3) is 4.80. The quantitative estimate of drug-likeness (QED) is 0.635. The third-order valence-electron chi connectivity index (χ3n) is 4.97. The lowest BCUT2D eigenvalue weighted by Gasteiger charge is -2.17. The summed E-state index contributed by atoms with van der Waals surface area (Å²) in [4.78, 5) is 39.0. The first-order chi connectivity index (χ1) is 14.9. The van der Waals surface area contributed by atoms with E-state index in [9.17, 15) is 9.59 Å². The van der Waals surface area contributed by atoms with Crippen LogP contribution < -0.4 is 10.5 Å². The summed E-state index contributed by atoms with van der Waals surface area (Å²) in [5.41, 5.74) is 0.912. The lowest BCUT2D eigenvalue weighted by Crippen LogP contribution is -2.31. The number of hydrogen-bond donors (Lipinski definition) is 1. The molecule has 1 aliphatic rings. The molecule has 160 valence electrons. The molecule has 31 heavy (non-hydrogen) atoms. The molecule has 0 atom stereocenters. The highest BCUT2D eigenvalue weighted by atomic mass is 16.2. The van der Waals surface area contributed by atoms with E-state index in [4.69, 9.17) is 5.26 Å². The van der Waals surface area contributed by atoms with Gasteiger partial charge in [0, 0.05) is 57.7 Å². The Labute approximate surface area is 180 Å². The van der Waals surface area contributed by atoms with Gasteiger partial charge >= 0.3 is 0 Å². The number of amides is 1. The Morgan fingerprint density at radius 3 is 2.74 bits per heavy atom. The molecular weight excluding hydrogens is 394 g/mol. The standard InChI is InChI=1S/C15H17N3O2.C7H8N4/c1-3-8-18-9-12(14(19)17(2)10-4-5-10)11-6-7-16-13(11)15(18)20;1-11(2)7-3-4-9-6(5-8)10-7/h3,6-7,9-10,16H,1,4-5,8H2,2H3;3-4H,1-2H3. The molecule has 0 aromatic carbocycles. The van der Waals surface area contributed by atoms with E-state index in [0.29, 0.717) is 29.1 Å². The minimum atomic E-state index is -0.129. The van der Waals surface area contributed by atoms with E-state index in [1.807, 2.05) is 32.1 Å². The number of allylic oxidation sites excluding steroid dienone is 1. The molecule has 1 saturated carbocycles. The van der Waals surface area contributed by atoms with E-state index in [-0.39, 0.29) is 17.3 Å². The zero-order valence-electron chi connectivity index (χ0n) is 17.9. The average Bonchev–Trinajstić information content (AvgIpc) is 3.51. The fourth-order valence-electron chi connectivity index (χ4n) is 3.11. The lowest BCUT2D eigenvalue weighted by molar-refractivity contribution is 0.0786. The Hall–Kier alpha value is -3.93. The number of fused-ring (bicyclic) bond motifs is 1. The Morgan fingerprint density at radius 2 is 2.13 bits per heavy atom. The van der Waals surface area contributed by atoms with E-state index in [1.165, 1.54) is 4.57 Å². The van der Waals surface area contributed by atoms with E-state index in [1.54, 1.807) is 41.7 Å². The number of H-pyrrole nitrogens is 1. The molecule has 3 aromatic rings. The van der Waals surface area contributed by atoms with E-state index < -0.39 is 0 Å². The molecule has 0 spiro atoms. The normalized spacial score (nSPS) is 12.5. The predicted molar refractivity (Wildman–Crippen MR) is 119 cm³/mol. The number of aromatic nitrogens is 4. The number of nitrogens with zero attached hydrogens (tertiary/aromatic N) is 6. The van der Waals surface area contributed by atoms with Crippen molar-refractivity contribution in [3.63, 3.8) is 0 Å². The number of hydrogen-bond acceptors (Lipinski definition) is 6. The van der Waals surface area contributed by atoms with Gasteiger partial charge < -0.3 is 19.4 Å². The smallest absolute Gasteiger partial charge is 0.275 e. The minimum Gasteiger partial charge on any atom is -0.363 e. The van der Waals surface area contributed by atoms with Crippen LogP contribution in [-0.2, 0) is 6.54 Å². The van der Waals surface area contributed by atoms with E-state index in [2.05, 4.69) is 21.5 Å². The fourth-order valence-corrected chi connectivity index (χ4v) is 3.11. The van der Waals surface area contributed by atoms with Crippen LogP contribution in [0.3, 0.4) is 0 Å². The van der Waals surface area contributed by atoms with Crippen molar-refractivity contribution in [3.8, 4) is 6.07 Å². The van der Waals surface area contributed by atoms with Crippen molar-refractivity contribution in [1.82, 2.24) is 24.4 Å². The molecule has 0 unspecified atom stereocenters. The van der Waals surface area contributed by atoms with Gasteiger partial charge in [-0.05, 0) is 25.0 Å². The minimum absolute atomic E-state index is 0.0325. The Bertz CT molecular complexity index is 1200. The van der Waals surface area contributed by atoms with Crippen molar-refractivity contribution in [2.75, 3.05) is 26.0 Å². The fraction of sp³-hybridized carbons (Fsp3) is 0.318. The average molecular weight is 419 g/mol. The summed E-state index contributed by atoms with van der Waals surface area (Å²) >= 11 is 0. The predicted octanol–water partition coefficient (Wildman–Crippen LogP) is 2.16. The van der Waals surface area contributed by atoms with Gasteiger partial charge in [-0.25, -0.2) is 9.97 Å². The van der Waals surface area contributed by atoms with Gasteiger partial charge in [0.1, 0.15) is 17.4 Å². The van der Waals surface area contributed by atoms with Crippen LogP contribution in [0, 0.1) is 11.3 Å². The van der Waals surface area contributed by atoms with Gasteiger partial charge in [0.2, 0.25) is 5.82 Å². The van der Waals surface area contributed by atoms with Crippen LogP contribution in [0.25, 0.3) is 10.9 Å². The zero-order valence-corrected chi connectivity index (χ0v) is 17.9. The first-order valence-corrected chi connectivity index (χ1v) is 9.86.